The van der Waals surface area contributed by atoms with E-state index in [1.165, 1.54) is 29.7 Å². The number of nitrogens with one attached hydrogen (secondary N) is 1. The molecule has 21 heavy (non-hydrogen) atoms. The van der Waals surface area contributed by atoms with Crippen LogP contribution in [-0.4, -0.2) is 31.8 Å². The van der Waals surface area contributed by atoms with Crippen molar-refractivity contribution in [3.05, 3.63) is 53.2 Å². The van der Waals surface area contributed by atoms with Crippen molar-refractivity contribution in [3.8, 4) is 0 Å². The summed E-state index contributed by atoms with van der Waals surface area (Å²) in [4.78, 5) is 4.22. The average molecular weight is 326 g/mol. The van der Waals surface area contributed by atoms with Gasteiger partial charge in [-0.1, -0.05) is 23.7 Å². The van der Waals surface area contributed by atoms with E-state index >= 15 is 0 Å². The second-order valence-electron chi connectivity index (χ2n) is 4.52. The van der Waals surface area contributed by atoms with Crippen molar-refractivity contribution in [2.45, 2.75) is 11.4 Å². The fourth-order valence-electron chi connectivity index (χ4n) is 1.87. The van der Waals surface area contributed by atoms with E-state index in [1.54, 1.807) is 25.2 Å². The Morgan fingerprint density at radius 3 is 2.71 bits per heavy atom. The molecule has 0 radical (unpaired) electrons. The third-order valence-corrected chi connectivity index (χ3v) is 5.02. The Morgan fingerprint density at radius 1 is 1.29 bits per heavy atom. The van der Waals surface area contributed by atoms with Gasteiger partial charge in [0.1, 0.15) is 5.82 Å². The molecule has 0 bridgehead atoms. The number of anilines is 1. The van der Waals surface area contributed by atoms with Crippen molar-refractivity contribution in [1.29, 1.82) is 0 Å². The zero-order valence-electron chi connectivity index (χ0n) is 11.7. The first-order valence-electron chi connectivity index (χ1n) is 6.28. The van der Waals surface area contributed by atoms with Crippen LogP contribution in [0.5, 0.6) is 0 Å². The number of sulfonamides is 1. The molecular weight excluding hydrogens is 310 g/mol. The molecule has 2 rings (SSSR count). The first-order valence-corrected chi connectivity index (χ1v) is 8.10. The van der Waals surface area contributed by atoms with Crippen molar-refractivity contribution in [3.63, 3.8) is 0 Å². The number of hydrogen-bond acceptors (Lipinski definition) is 4. The minimum Gasteiger partial charge on any atom is -0.373 e. The Kier molecular flexibility index (Phi) is 4.82. The highest BCUT2D eigenvalue weighted by Gasteiger charge is 2.21. The van der Waals surface area contributed by atoms with Gasteiger partial charge < -0.3 is 5.32 Å². The molecule has 0 amide bonds. The maximum atomic E-state index is 12.5. The molecule has 0 aliphatic carbocycles. The molecule has 1 heterocycles. The van der Waals surface area contributed by atoms with Crippen molar-refractivity contribution >= 4 is 27.4 Å². The maximum Gasteiger partial charge on any atom is 0.243 e. The van der Waals surface area contributed by atoms with Crippen molar-refractivity contribution in [2.24, 2.45) is 0 Å². The molecule has 0 fully saturated rings. The highest BCUT2D eigenvalue weighted by Crippen LogP contribution is 2.19. The van der Waals surface area contributed by atoms with E-state index in [1.807, 2.05) is 6.07 Å². The van der Waals surface area contributed by atoms with Gasteiger partial charge in [-0.3, -0.25) is 0 Å². The van der Waals surface area contributed by atoms with E-state index in [4.69, 9.17) is 11.6 Å². The van der Waals surface area contributed by atoms with Gasteiger partial charge in [0.05, 0.1) is 4.90 Å². The number of rotatable bonds is 5. The summed E-state index contributed by atoms with van der Waals surface area (Å²) in [6.45, 7) is 0.250. The number of nitrogens with zero attached hydrogens (tertiary/aromatic N) is 2. The molecule has 112 valence electrons. The smallest absolute Gasteiger partial charge is 0.243 e. The van der Waals surface area contributed by atoms with Gasteiger partial charge >= 0.3 is 0 Å². The minimum absolute atomic E-state index is 0.200. The predicted molar refractivity (Wildman–Crippen MR) is 83.9 cm³/mol. The fourth-order valence-corrected chi connectivity index (χ4v) is 3.25. The van der Waals surface area contributed by atoms with Crippen molar-refractivity contribution in [2.75, 3.05) is 19.4 Å². The van der Waals surface area contributed by atoms with Gasteiger partial charge in [-0.25, -0.2) is 13.4 Å². The maximum absolute atomic E-state index is 12.5. The van der Waals surface area contributed by atoms with E-state index in [9.17, 15) is 8.42 Å². The minimum atomic E-state index is -3.57. The molecule has 1 aromatic carbocycles. The molecule has 1 aromatic heterocycles. The summed E-state index contributed by atoms with van der Waals surface area (Å²) >= 11 is 5.91. The lowest BCUT2D eigenvalue weighted by molar-refractivity contribution is 0.466. The molecule has 0 aliphatic rings. The first kappa shape index (κ1) is 15.8. The molecule has 7 heteroatoms. The lowest BCUT2D eigenvalue weighted by Crippen LogP contribution is -2.26. The lowest BCUT2D eigenvalue weighted by Gasteiger charge is -2.17. The van der Waals surface area contributed by atoms with Gasteiger partial charge in [-0.2, -0.15) is 4.31 Å². The van der Waals surface area contributed by atoms with Crippen LogP contribution in [0.4, 0.5) is 5.82 Å². The van der Waals surface area contributed by atoms with Crippen LogP contribution in [0.15, 0.2) is 47.5 Å². The zero-order chi connectivity index (χ0) is 15.5. The van der Waals surface area contributed by atoms with Crippen LogP contribution in [0.1, 0.15) is 5.56 Å². The highest BCUT2D eigenvalue weighted by molar-refractivity contribution is 7.89. The van der Waals surface area contributed by atoms with E-state index in [0.717, 1.165) is 5.56 Å². The number of benzene rings is 1. The van der Waals surface area contributed by atoms with E-state index < -0.39 is 10.0 Å². The molecule has 0 aliphatic heterocycles. The quantitative estimate of drug-likeness (QED) is 0.918. The summed E-state index contributed by atoms with van der Waals surface area (Å²) in [6, 6.07) is 10.1. The monoisotopic (exact) mass is 325 g/mol. The van der Waals surface area contributed by atoms with Crippen molar-refractivity contribution in [1.82, 2.24) is 9.29 Å². The topological polar surface area (TPSA) is 62.3 Å². The Hall–Kier alpha value is -1.63. The Bertz CT molecular complexity index is 735. The van der Waals surface area contributed by atoms with E-state index in [2.05, 4.69) is 10.3 Å². The van der Waals surface area contributed by atoms with Gasteiger partial charge in [0.25, 0.3) is 0 Å². The summed E-state index contributed by atoms with van der Waals surface area (Å²) in [7, 11) is -0.346. The predicted octanol–water partition coefficient (Wildman–Crippen LogP) is 2.60. The van der Waals surface area contributed by atoms with Crippen LogP contribution in [0.3, 0.4) is 0 Å². The average Bonchev–Trinajstić information content (AvgIpc) is 2.47. The molecule has 0 saturated carbocycles. The van der Waals surface area contributed by atoms with Crippen molar-refractivity contribution < 1.29 is 8.42 Å². The van der Waals surface area contributed by atoms with E-state index in [-0.39, 0.29) is 11.4 Å². The third-order valence-electron chi connectivity index (χ3n) is 2.99. The summed E-state index contributed by atoms with van der Waals surface area (Å²) < 4.78 is 26.3. The SMILES string of the molecule is CNc1cc(S(=O)(=O)N(C)Cc2cccc(Cl)c2)ccn1. The number of pyridine rings is 1. The Morgan fingerprint density at radius 2 is 2.05 bits per heavy atom. The van der Waals surface area contributed by atoms with Crippen LogP contribution in [0, 0.1) is 0 Å². The van der Waals surface area contributed by atoms with Crippen LogP contribution in [0.25, 0.3) is 0 Å². The van der Waals surface area contributed by atoms with Crippen LogP contribution in [-0.2, 0) is 16.6 Å². The number of halogens is 1. The largest absolute Gasteiger partial charge is 0.373 e. The molecule has 0 spiro atoms. The summed E-state index contributed by atoms with van der Waals surface area (Å²) in [6.07, 6.45) is 1.46. The summed E-state index contributed by atoms with van der Waals surface area (Å²) in [5, 5.41) is 3.41. The van der Waals surface area contributed by atoms with Gasteiger partial charge in [-0.15, -0.1) is 0 Å². The second-order valence-corrected chi connectivity index (χ2v) is 7.00. The molecule has 0 saturated heterocycles. The van der Waals surface area contributed by atoms with Crippen LogP contribution in [0.2, 0.25) is 5.02 Å². The Labute approximate surface area is 129 Å². The zero-order valence-corrected chi connectivity index (χ0v) is 13.3. The molecule has 2 aromatic rings. The lowest BCUT2D eigenvalue weighted by atomic mass is 10.2. The molecule has 0 atom stereocenters. The van der Waals surface area contributed by atoms with Gasteiger partial charge in [0.15, 0.2) is 0 Å². The molecule has 0 unspecified atom stereocenters. The normalized spacial score (nSPS) is 11.6. The van der Waals surface area contributed by atoms with Crippen LogP contribution < -0.4 is 5.32 Å². The molecule has 1 N–H and O–H groups in total. The molecule has 5 nitrogen and oxygen atoms in total. The summed E-state index contributed by atoms with van der Waals surface area (Å²) in [5.74, 6) is 0.507. The number of hydrogen-bond donors (Lipinski definition) is 1. The third kappa shape index (κ3) is 3.72. The highest BCUT2D eigenvalue weighted by atomic mass is 35.5. The van der Waals surface area contributed by atoms with Gasteiger partial charge in [0, 0.05) is 37.9 Å². The summed E-state index contributed by atoms with van der Waals surface area (Å²) in [5.41, 5.74) is 0.830. The first-order chi connectivity index (χ1) is 9.93. The van der Waals surface area contributed by atoms with E-state index in [0.29, 0.717) is 10.8 Å². The Balaban J connectivity index is 2.26. The van der Waals surface area contributed by atoms with Crippen LogP contribution >= 0.6 is 11.6 Å². The van der Waals surface area contributed by atoms with Gasteiger partial charge in [-0.05, 0) is 23.8 Å². The fraction of sp³-hybridized carbons (Fsp3) is 0.214. The second kappa shape index (κ2) is 6.43. The van der Waals surface area contributed by atoms with Gasteiger partial charge in [0.2, 0.25) is 10.0 Å². The standard InChI is InChI=1S/C14H16ClN3O2S/c1-16-14-9-13(6-7-17-14)21(19,20)18(2)10-11-4-3-5-12(15)8-11/h3-9H,10H2,1-2H3,(H,16,17). The number of aromatic nitrogens is 1. The molecular formula is C14H16ClN3O2S.